The molecular weight excluding hydrogens is 366 g/mol. The number of hydrogen-bond donors (Lipinski definition) is 2. The third-order valence-corrected chi connectivity index (χ3v) is 4.07. The zero-order valence-corrected chi connectivity index (χ0v) is 16.4. The van der Waals surface area contributed by atoms with E-state index in [9.17, 15) is 15.0 Å². The maximum atomic E-state index is 11.6. The van der Waals surface area contributed by atoms with Crippen molar-refractivity contribution in [3.8, 4) is 5.75 Å². The fourth-order valence-corrected chi connectivity index (χ4v) is 2.70. The van der Waals surface area contributed by atoms with Gasteiger partial charge in [-0.25, -0.2) is 0 Å². The third-order valence-electron chi connectivity index (χ3n) is 4.07. The number of ketones is 1. The summed E-state index contributed by atoms with van der Waals surface area (Å²) in [5.74, 6) is 0.714. The molecule has 0 saturated carbocycles. The molecule has 0 saturated heterocycles. The van der Waals surface area contributed by atoms with Gasteiger partial charge in [-0.3, -0.25) is 9.69 Å². The van der Waals surface area contributed by atoms with Crippen molar-refractivity contribution in [2.45, 2.75) is 26.0 Å². The number of Topliss-reactive ketones (excluding diaryl/α,β-unsaturated/α-hetero) is 1. The fourth-order valence-electron chi connectivity index (χ4n) is 2.70. The van der Waals surface area contributed by atoms with Crippen LogP contribution in [0, 0.1) is 0 Å². The van der Waals surface area contributed by atoms with Crippen LogP contribution in [-0.2, 0) is 6.54 Å². The van der Waals surface area contributed by atoms with Crippen molar-refractivity contribution in [1.82, 2.24) is 4.90 Å². The highest BCUT2D eigenvalue weighted by molar-refractivity contribution is 5.95. The van der Waals surface area contributed by atoms with E-state index in [2.05, 4.69) is 0 Å². The van der Waals surface area contributed by atoms with E-state index < -0.39 is 6.10 Å². The van der Waals surface area contributed by atoms with E-state index in [0.717, 1.165) is 5.56 Å². The molecule has 0 spiro atoms. The summed E-state index contributed by atoms with van der Waals surface area (Å²) in [5, 5.41) is 19.5. The summed E-state index contributed by atoms with van der Waals surface area (Å²) >= 11 is 0. The number of benzene rings is 2. The lowest BCUT2D eigenvalue weighted by molar-refractivity contribution is 0.0590. The van der Waals surface area contributed by atoms with E-state index in [4.69, 9.17) is 4.74 Å². The monoisotopic (exact) mass is 393 g/mol. The Labute approximate surface area is 167 Å². The molecule has 1 atom stereocenters. The smallest absolute Gasteiger partial charge is 0.162 e. The number of rotatable bonds is 11. The fraction of sp³-hybridized carbons (Fsp3) is 0.381. The molecule has 5 nitrogen and oxygen atoms in total. The van der Waals surface area contributed by atoms with Gasteiger partial charge in [0.25, 0.3) is 0 Å². The quantitative estimate of drug-likeness (QED) is 0.574. The van der Waals surface area contributed by atoms with Crippen molar-refractivity contribution >= 4 is 18.2 Å². The van der Waals surface area contributed by atoms with E-state index in [1.54, 1.807) is 24.3 Å². The number of nitrogens with zero attached hydrogens (tertiary/aromatic N) is 1. The zero-order chi connectivity index (χ0) is 18.8. The SMILES string of the molecule is CCC(=O)c1ccc(OCC(O)CN(CCO)Cc2ccccc2)cc1.Cl. The van der Waals surface area contributed by atoms with Gasteiger partial charge in [0.2, 0.25) is 0 Å². The largest absolute Gasteiger partial charge is 0.491 e. The lowest BCUT2D eigenvalue weighted by atomic mass is 10.1. The summed E-state index contributed by atoms with van der Waals surface area (Å²) in [4.78, 5) is 13.6. The Morgan fingerprint density at radius 1 is 1.11 bits per heavy atom. The second-order valence-corrected chi connectivity index (χ2v) is 6.21. The average Bonchev–Trinajstić information content (AvgIpc) is 2.67. The number of hydrogen-bond acceptors (Lipinski definition) is 5. The molecule has 0 heterocycles. The molecule has 2 aromatic carbocycles. The summed E-state index contributed by atoms with van der Waals surface area (Å²) in [6.07, 6.45) is -0.205. The minimum Gasteiger partial charge on any atom is -0.491 e. The first kappa shape index (κ1) is 23.1. The van der Waals surface area contributed by atoms with Gasteiger partial charge in [-0.05, 0) is 29.8 Å². The summed E-state index contributed by atoms with van der Waals surface area (Å²) in [6, 6.07) is 16.9. The Bertz CT molecular complexity index is 664. The van der Waals surface area contributed by atoms with Gasteiger partial charge in [0, 0.05) is 31.6 Å². The van der Waals surface area contributed by atoms with Crippen molar-refractivity contribution in [1.29, 1.82) is 0 Å². The van der Waals surface area contributed by atoms with Crippen LogP contribution < -0.4 is 4.74 Å². The van der Waals surface area contributed by atoms with Crippen LogP contribution in [0.5, 0.6) is 5.75 Å². The van der Waals surface area contributed by atoms with E-state index in [1.165, 1.54) is 0 Å². The van der Waals surface area contributed by atoms with Crippen molar-refractivity contribution < 1.29 is 19.7 Å². The average molecular weight is 394 g/mol. The third kappa shape index (κ3) is 8.10. The molecule has 0 fully saturated rings. The van der Waals surface area contributed by atoms with Crippen LogP contribution in [0.1, 0.15) is 29.3 Å². The highest BCUT2D eigenvalue weighted by Crippen LogP contribution is 2.14. The van der Waals surface area contributed by atoms with Crippen LogP contribution in [0.2, 0.25) is 0 Å². The summed E-state index contributed by atoms with van der Waals surface area (Å²) < 4.78 is 5.61. The van der Waals surface area contributed by atoms with Crippen molar-refractivity contribution in [2.75, 3.05) is 26.3 Å². The lowest BCUT2D eigenvalue weighted by Gasteiger charge is -2.24. The molecule has 148 valence electrons. The Morgan fingerprint density at radius 2 is 1.78 bits per heavy atom. The number of halogens is 1. The molecule has 0 radical (unpaired) electrons. The Balaban J connectivity index is 0.00000364. The first-order chi connectivity index (χ1) is 12.6. The Hall–Kier alpha value is -1.92. The van der Waals surface area contributed by atoms with Gasteiger partial charge in [0.05, 0.1) is 6.61 Å². The van der Waals surface area contributed by atoms with Crippen molar-refractivity contribution in [3.63, 3.8) is 0 Å². The first-order valence-electron chi connectivity index (χ1n) is 8.93. The molecule has 27 heavy (non-hydrogen) atoms. The second kappa shape index (κ2) is 12.5. The maximum Gasteiger partial charge on any atom is 0.162 e. The molecule has 0 aliphatic carbocycles. The van der Waals surface area contributed by atoms with Crippen LogP contribution in [0.3, 0.4) is 0 Å². The van der Waals surface area contributed by atoms with Crippen molar-refractivity contribution in [3.05, 3.63) is 65.7 Å². The molecule has 2 N–H and O–H groups in total. The van der Waals surface area contributed by atoms with Gasteiger partial charge >= 0.3 is 0 Å². The number of carbonyl (C=O) groups is 1. The standard InChI is InChI=1S/C21H27NO4.ClH/c1-2-21(25)18-8-10-20(11-9-18)26-16-19(24)15-22(12-13-23)14-17-6-4-3-5-7-17;/h3-11,19,23-24H,2,12-16H2,1H3;1H. The molecule has 0 aliphatic heterocycles. The second-order valence-electron chi connectivity index (χ2n) is 6.21. The number of aliphatic hydroxyl groups is 2. The first-order valence-corrected chi connectivity index (χ1v) is 8.93. The van der Waals surface area contributed by atoms with Crippen molar-refractivity contribution in [2.24, 2.45) is 0 Å². The van der Waals surface area contributed by atoms with Crippen LogP contribution >= 0.6 is 12.4 Å². The molecular formula is C21H28ClNO4. The summed E-state index contributed by atoms with van der Waals surface area (Å²) in [7, 11) is 0. The molecule has 1 unspecified atom stereocenters. The summed E-state index contributed by atoms with van der Waals surface area (Å²) in [6.45, 7) is 3.57. The Morgan fingerprint density at radius 3 is 2.37 bits per heavy atom. The van der Waals surface area contributed by atoms with Gasteiger partial charge in [-0.1, -0.05) is 37.3 Å². The van der Waals surface area contributed by atoms with Gasteiger partial charge in [-0.15, -0.1) is 12.4 Å². The predicted octanol–water partition coefficient (Wildman–Crippen LogP) is 2.94. The van der Waals surface area contributed by atoms with E-state index in [0.29, 0.717) is 37.4 Å². The molecule has 0 bridgehead atoms. The maximum absolute atomic E-state index is 11.6. The van der Waals surface area contributed by atoms with E-state index in [1.807, 2.05) is 42.2 Å². The molecule has 0 aliphatic rings. The number of aliphatic hydroxyl groups excluding tert-OH is 2. The molecule has 0 aromatic heterocycles. The zero-order valence-electron chi connectivity index (χ0n) is 15.6. The van der Waals surface area contributed by atoms with Crippen LogP contribution in [-0.4, -0.2) is 53.3 Å². The molecule has 2 aromatic rings. The highest BCUT2D eigenvalue weighted by atomic mass is 35.5. The lowest BCUT2D eigenvalue weighted by Crippen LogP contribution is -2.37. The van der Waals surface area contributed by atoms with Gasteiger partial charge in [-0.2, -0.15) is 0 Å². The predicted molar refractivity (Wildman–Crippen MR) is 109 cm³/mol. The number of carbonyl (C=O) groups excluding carboxylic acids is 1. The minimum absolute atomic E-state index is 0. The molecule has 0 amide bonds. The topological polar surface area (TPSA) is 70.0 Å². The Kier molecular flexibility index (Phi) is 10.7. The van der Waals surface area contributed by atoms with Gasteiger partial charge < -0.3 is 14.9 Å². The van der Waals surface area contributed by atoms with E-state index in [-0.39, 0.29) is 31.4 Å². The minimum atomic E-state index is -0.679. The number of ether oxygens (including phenoxy) is 1. The highest BCUT2D eigenvalue weighted by Gasteiger charge is 2.13. The van der Waals surface area contributed by atoms with Crippen LogP contribution in [0.4, 0.5) is 0 Å². The van der Waals surface area contributed by atoms with Crippen LogP contribution in [0.15, 0.2) is 54.6 Å². The normalized spacial score (nSPS) is 11.7. The summed E-state index contributed by atoms with van der Waals surface area (Å²) in [5.41, 5.74) is 1.79. The van der Waals surface area contributed by atoms with Gasteiger partial charge in [0.15, 0.2) is 5.78 Å². The molecule has 2 rings (SSSR count). The molecule has 6 heteroatoms. The van der Waals surface area contributed by atoms with Gasteiger partial charge in [0.1, 0.15) is 18.5 Å². The van der Waals surface area contributed by atoms with E-state index >= 15 is 0 Å². The van der Waals surface area contributed by atoms with Crippen LogP contribution in [0.25, 0.3) is 0 Å².